The quantitative estimate of drug-likeness (QED) is 0.794. The molecule has 0 bridgehead atoms. The molecule has 0 unspecified atom stereocenters. The number of benzene rings is 1. The van der Waals surface area contributed by atoms with Gasteiger partial charge in [-0.25, -0.2) is 12.8 Å². The van der Waals surface area contributed by atoms with Crippen molar-refractivity contribution in [2.24, 2.45) is 0 Å². The second-order valence-corrected chi connectivity index (χ2v) is 7.04. The number of nitrogen functional groups attached to an aromatic ring is 1. The Morgan fingerprint density at radius 3 is 2.47 bits per heavy atom. The van der Waals surface area contributed by atoms with Gasteiger partial charge in [-0.1, -0.05) is 0 Å². The highest BCUT2D eigenvalue weighted by molar-refractivity contribution is 9.10. The summed E-state index contributed by atoms with van der Waals surface area (Å²) in [6, 6.07) is 3.18. The maximum atomic E-state index is 13.9. The molecule has 0 amide bonds. The molecule has 2 N–H and O–H groups in total. The molecule has 0 aliphatic carbocycles. The van der Waals surface area contributed by atoms with E-state index < -0.39 is 15.7 Å². The smallest absolute Gasteiger partial charge is 0.162 e. The summed E-state index contributed by atoms with van der Waals surface area (Å²) in [7, 11) is -2.96. The van der Waals surface area contributed by atoms with Gasteiger partial charge in [0.25, 0.3) is 0 Å². The van der Waals surface area contributed by atoms with Crippen LogP contribution in [0.5, 0.6) is 0 Å². The minimum absolute atomic E-state index is 0.0639. The molecular formula is C10H12BrFN2O2S. The normalized spacial score (nSPS) is 19.3. The van der Waals surface area contributed by atoms with Gasteiger partial charge in [0.15, 0.2) is 15.7 Å². The Kier molecular flexibility index (Phi) is 3.31. The molecular weight excluding hydrogens is 311 g/mol. The molecule has 2 rings (SSSR count). The number of nitrogens with two attached hydrogens (primary N) is 1. The minimum atomic E-state index is -2.96. The van der Waals surface area contributed by atoms with Crippen molar-refractivity contribution >= 4 is 37.1 Å². The van der Waals surface area contributed by atoms with Gasteiger partial charge in [0.05, 0.1) is 21.7 Å². The van der Waals surface area contributed by atoms with Crippen molar-refractivity contribution in [1.82, 2.24) is 0 Å². The van der Waals surface area contributed by atoms with Crippen LogP contribution in [0.4, 0.5) is 15.8 Å². The van der Waals surface area contributed by atoms with Crippen molar-refractivity contribution in [1.29, 1.82) is 0 Å². The Labute approximate surface area is 108 Å². The molecule has 0 aromatic heterocycles. The largest absolute Gasteiger partial charge is 0.398 e. The summed E-state index contributed by atoms with van der Waals surface area (Å²) >= 11 is 3.07. The number of nitrogens with zero attached hydrogens (tertiary/aromatic N) is 1. The Morgan fingerprint density at radius 1 is 1.29 bits per heavy atom. The maximum absolute atomic E-state index is 13.9. The third kappa shape index (κ3) is 2.55. The van der Waals surface area contributed by atoms with E-state index in [0.29, 0.717) is 24.5 Å². The van der Waals surface area contributed by atoms with Crippen LogP contribution in [0.1, 0.15) is 0 Å². The van der Waals surface area contributed by atoms with Crippen LogP contribution in [0.2, 0.25) is 0 Å². The summed E-state index contributed by atoms with van der Waals surface area (Å²) in [4.78, 5) is 1.72. The summed E-state index contributed by atoms with van der Waals surface area (Å²) in [5, 5.41) is 0. The zero-order valence-electron chi connectivity index (χ0n) is 8.99. The first-order chi connectivity index (χ1) is 7.91. The zero-order valence-corrected chi connectivity index (χ0v) is 11.4. The topological polar surface area (TPSA) is 63.4 Å². The van der Waals surface area contributed by atoms with E-state index in [1.165, 1.54) is 0 Å². The van der Waals surface area contributed by atoms with E-state index in [9.17, 15) is 12.8 Å². The van der Waals surface area contributed by atoms with Gasteiger partial charge in [-0.05, 0) is 28.1 Å². The molecule has 7 heteroatoms. The second kappa shape index (κ2) is 4.45. The molecule has 17 heavy (non-hydrogen) atoms. The number of sulfone groups is 1. The summed E-state index contributed by atoms with van der Waals surface area (Å²) in [6.07, 6.45) is 0. The molecule has 1 aliphatic heterocycles. The molecule has 0 saturated carbocycles. The average Bonchev–Trinajstić information content (AvgIpc) is 2.27. The molecule has 0 atom stereocenters. The van der Waals surface area contributed by atoms with Crippen LogP contribution in [-0.4, -0.2) is 33.0 Å². The van der Waals surface area contributed by atoms with E-state index in [1.807, 2.05) is 0 Å². The van der Waals surface area contributed by atoms with E-state index in [-0.39, 0.29) is 16.0 Å². The van der Waals surface area contributed by atoms with Gasteiger partial charge < -0.3 is 10.6 Å². The molecule has 1 aliphatic rings. The van der Waals surface area contributed by atoms with Gasteiger partial charge >= 0.3 is 0 Å². The third-order valence-corrected chi connectivity index (χ3v) is 5.19. The van der Waals surface area contributed by atoms with E-state index in [1.54, 1.807) is 17.0 Å². The van der Waals surface area contributed by atoms with Crippen LogP contribution >= 0.6 is 15.9 Å². The van der Waals surface area contributed by atoms with Crippen LogP contribution in [0.15, 0.2) is 16.6 Å². The van der Waals surface area contributed by atoms with E-state index >= 15 is 0 Å². The van der Waals surface area contributed by atoms with Crippen molar-refractivity contribution < 1.29 is 12.8 Å². The van der Waals surface area contributed by atoms with Crippen molar-refractivity contribution in [3.63, 3.8) is 0 Å². The lowest BCUT2D eigenvalue weighted by atomic mass is 10.2. The van der Waals surface area contributed by atoms with Gasteiger partial charge in [-0.3, -0.25) is 0 Å². The molecule has 94 valence electrons. The first kappa shape index (κ1) is 12.6. The van der Waals surface area contributed by atoms with Crippen LogP contribution in [0, 0.1) is 5.82 Å². The average molecular weight is 323 g/mol. The van der Waals surface area contributed by atoms with Crippen LogP contribution in [0.25, 0.3) is 0 Å². The van der Waals surface area contributed by atoms with Crippen molar-refractivity contribution in [3.8, 4) is 0 Å². The number of halogens is 2. The molecule has 1 heterocycles. The monoisotopic (exact) mass is 322 g/mol. The Hall–Kier alpha value is -0.820. The van der Waals surface area contributed by atoms with Crippen molar-refractivity contribution in [2.75, 3.05) is 35.2 Å². The molecule has 4 nitrogen and oxygen atoms in total. The fourth-order valence-electron chi connectivity index (χ4n) is 1.75. The molecule has 1 fully saturated rings. The highest BCUT2D eigenvalue weighted by Gasteiger charge is 2.24. The highest BCUT2D eigenvalue weighted by Crippen LogP contribution is 2.31. The van der Waals surface area contributed by atoms with Crippen molar-refractivity contribution in [2.45, 2.75) is 0 Å². The van der Waals surface area contributed by atoms with Gasteiger partial charge in [0.1, 0.15) is 0 Å². The second-order valence-electron chi connectivity index (χ2n) is 3.94. The Morgan fingerprint density at radius 2 is 1.88 bits per heavy atom. The highest BCUT2D eigenvalue weighted by atomic mass is 79.9. The Balaban J connectivity index is 2.28. The number of rotatable bonds is 1. The van der Waals surface area contributed by atoms with E-state index in [2.05, 4.69) is 15.9 Å². The number of hydrogen-bond donors (Lipinski definition) is 1. The van der Waals surface area contributed by atoms with Crippen LogP contribution < -0.4 is 10.6 Å². The first-order valence-electron chi connectivity index (χ1n) is 5.09. The summed E-state index contributed by atoms with van der Waals surface area (Å²) < 4.78 is 36.7. The molecule has 1 aromatic carbocycles. The van der Waals surface area contributed by atoms with E-state index in [4.69, 9.17) is 5.73 Å². The summed E-state index contributed by atoms with van der Waals surface area (Å²) in [5.74, 6) is -0.313. The van der Waals surface area contributed by atoms with E-state index in [0.717, 1.165) is 0 Å². The van der Waals surface area contributed by atoms with Gasteiger partial charge in [0.2, 0.25) is 0 Å². The molecule has 1 saturated heterocycles. The molecule has 0 spiro atoms. The molecule has 1 aromatic rings. The SMILES string of the molecule is Nc1ccc(N2CCS(=O)(=O)CC2)c(F)c1Br. The number of hydrogen-bond acceptors (Lipinski definition) is 4. The van der Waals surface area contributed by atoms with Gasteiger partial charge in [0, 0.05) is 18.8 Å². The fraction of sp³-hybridized carbons (Fsp3) is 0.400. The predicted octanol–water partition coefficient (Wildman–Crippen LogP) is 1.41. The number of anilines is 2. The fourth-order valence-corrected chi connectivity index (χ4v) is 3.29. The standard InChI is InChI=1S/C10H12BrFN2O2S/c11-9-7(13)1-2-8(10(9)12)14-3-5-17(15,16)6-4-14/h1-2H,3-6,13H2. The van der Waals surface area contributed by atoms with Gasteiger partial charge in [-0.2, -0.15) is 0 Å². The Bertz CT molecular complexity index is 533. The lowest BCUT2D eigenvalue weighted by Crippen LogP contribution is -2.40. The minimum Gasteiger partial charge on any atom is -0.398 e. The van der Waals surface area contributed by atoms with Crippen LogP contribution in [0.3, 0.4) is 0 Å². The zero-order chi connectivity index (χ0) is 12.6. The summed E-state index contributed by atoms with van der Waals surface area (Å²) in [6.45, 7) is 0.630. The predicted molar refractivity (Wildman–Crippen MR) is 69.4 cm³/mol. The third-order valence-electron chi connectivity index (χ3n) is 2.78. The van der Waals surface area contributed by atoms with Gasteiger partial charge in [-0.15, -0.1) is 0 Å². The summed E-state index contributed by atoms with van der Waals surface area (Å²) in [5.41, 5.74) is 6.28. The molecule has 0 radical (unpaired) electrons. The van der Waals surface area contributed by atoms with Crippen molar-refractivity contribution in [3.05, 3.63) is 22.4 Å². The maximum Gasteiger partial charge on any atom is 0.162 e. The lowest BCUT2D eigenvalue weighted by molar-refractivity contribution is 0.581. The lowest BCUT2D eigenvalue weighted by Gasteiger charge is -2.29. The van der Waals surface area contributed by atoms with Crippen LogP contribution in [-0.2, 0) is 9.84 Å². The first-order valence-corrected chi connectivity index (χ1v) is 7.71.